The smallest absolute Gasteiger partial charge is 0.253 e. The van der Waals surface area contributed by atoms with Crippen LogP contribution in [0.4, 0.5) is 5.82 Å². The highest BCUT2D eigenvalue weighted by molar-refractivity contribution is 6.08. The quantitative estimate of drug-likeness (QED) is 0.276. The predicted molar refractivity (Wildman–Crippen MR) is 174 cm³/mol. The number of piperazine rings is 1. The number of hydrogen-bond donors (Lipinski definition) is 2. The molecule has 1 amide bonds. The predicted octanol–water partition coefficient (Wildman–Crippen LogP) is 5.33. The van der Waals surface area contributed by atoms with Crippen molar-refractivity contribution >= 4 is 22.6 Å². The summed E-state index contributed by atoms with van der Waals surface area (Å²) in [5.74, 6) is 1.12. The lowest BCUT2D eigenvalue weighted by Gasteiger charge is -2.37. The molecule has 4 aromatic rings. The fourth-order valence-electron chi connectivity index (χ4n) is 5.99. The van der Waals surface area contributed by atoms with Crippen LogP contribution in [0.1, 0.15) is 74.8 Å². The molecule has 2 N–H and O–H groups in total. The number of hydrogen-bond acceptors (Lipinski definition) is 6. The zero-order valence-electron chi connectivity index (χ0n) is 26.6. The van der Waals surface area contributed by atoms with Crippen LogP contribution in [-0.2, 0) is 13.0 Å². The van der Waals surface area contributed by atoms with Crippen LogP contribution in [0.5, 0.6) is 0 Å². The fraction of sp³-hybridized carbons (Fsp3) is 0.471. The van der Waals surface area contributed by atoms with Gasteiger partial charge in [0.25, 0.3) is 11.5 Å². The van der Waals surface area contributed by atoms with Crippen molar-refractivity contribution in [3.8, 4) is 11.1 Å². The molecule has 4 heterocycles. The van der Waals surface area contributed by atoms with E-state index in [1.54, 1.807) is 6.20 Å². The topological polar surface area (TPSA) is 99.2 Å². The Morgan fingerprint density at radius 2 is 1.70 bits per heavy atom. The Labute approximate surface area is 254 Å². The molecule has 0 aliphatic carbocycles. The van der Waals surface area contributed by atoms with Gasteiger partial charge in [0.1, 0.15) is 5.82 Å². The van der Waals surface area contributed by atoms with E-state index >= 15 is 0 Å². The number of benzene rings is 1. The lowest BCUT2D eigenvalue weighted by molar-refractivity contribution is 0.0952. The summed E-state index contributed by atoms with van der Waals surface area (Å²) in [7, 11) is 0. The van der Waals surface area contributed by atoms with Crippen LogP contribution in [0.2, 0.25) is 0 Å². The number of amides is 1. The maximum atomic E-state index is 13.8. The molecule has 0 atom stereocenters. The molecule has 0 spiro atoms. The molecule has 3 aromatic heterocycles. The average Bonchev–Trinajstić information content (AvgIpc) is 3.40. The minimum absolute atomic E-state index is 0.123. The Morgan fingerprint density at radius 1 is 0.953 bits per heavy atom. The molecule has 1 saturated heterocycles. The Kier molecular flexibility index (Phi) is 9.01. The third-order valence-corrected chi connectivity index (χ3v) is 8.32. The van der Waals surface area contributed by atoms with Gasteiger partial charge in [-0.3, -0.25) is 19.2 Å². The normalized spacial score (nSPS) is 14.4. The van der Waals surface area contributed by atoms with E-state index in [1.807, 2.05) is 29.9 Å². The monoisotopic (exact) mass is 583 g/mol. The Hall–Kier alpha value is -3.98. The molecular weight excluding hydrogens is 538 g/mol. The second-order valence-electron chi connectivity index (χ2n) is 12.7. The molecule has 228 valence electrons. The molecular formula is C34H45N7O2. The van der Waals surface area contributed by atoms with Gasteiger partial charge in [0.05, 0.1) is 17.3 Å². The van der Waals surface area contributed by atoms with Gasteiger partial charge in [0, 0.05) is 73.2 Å². The summed E-state index contributed by atoms with van der Waals surface area (Å²) in [5, 5.41) is 8.43. The lowest BCUT2D eigenvalue weighted by atomic mass is 9.98. The number of fused-ring (bicyclic) bond motifs is 1. The second kappa shape index (κ2) is 12.7. The zero-order chi connectivity index (χ0) is 30.8. The van der Waals surface area contributed by atoms with Crippen LogP contribution in [0.15, 0.2) is 47.5 Å². The molecule has 1 aliphatic rings. The number of carbonyl (C=O) groups is 1. The van der Waals surface area contributed by atoms with Crippen molar-refractivity contribution in [1.82, 2.24) is 30.0 Å². The van der Waals surface area contributed by atoms with Gasteiger partial charge in [0.15, 0.2) is 0 Å². The van der Waals surface area contributed by atoms with Gasteiger partial charge in [-0.25, -0.2) is 4.98 Å². The maximum absolute atomic E-state index is 13.8. The number of rotatable bonds is 9. The van der Waals surface area contributed by atoms with Gasteiger partial charge >= 0.3 is 0 Å². The first kappa shape index (κ1) is 30.5. The molecule has 1 fully saturated rings. The van der Waals surface area contributed by atoms with E-state index in [1.165, 1.54) is 0 Å². The van der Waals surface area contributed by atoms with Crippen molar-refractivity contribution in [1.29, 1.82) is 0 Å². The van der Waals surface area contributed by atoms with Crippen molar-refractivity contribution < 1.29 is 4.79 Å². The Morgan fingerprint density at radius 3 is 2.33 bits per heavy atom. The van der Waals surface area contributed by atoms with Gasteiger partial charge in [-0.15, -0.1) is 0 Å². The van der Waals surface area contributed by atoms with E-state index in [9.17, 15) is 9.59 Å². The molecule has 9 nitrogen and oxygen atoms in total. The number of aryl methyl sites for hydroxylation is 1. The van der Waals surface area contributed by atoms with E-state index in [-0.39, 0.29) is 24.1 Å². The molecule has 0 saturated carbocycles. The summed E-state index contributed by atoms with van der Waals surface area (Å²) < 4.78 is 1.94. The van der Waals surface area contributed by atoms with Gasteiger partial charge in [-0.1, -0.05) is 13.8 Å². The molecule has 0 unspecified atom stereocenters. The van der Waals surface area contributed by atoms with E-state index < -0.39 is 0 Å². The number of aromatic amines is 1. The first-order chi connectivity index (χ1) is 20.5. The third-order valence-electron chi connectivity index (χ3n) is 8.32. The van der Waals surface area contributed by atoms with Crippen molar-refractivity contribution in [2.45, 2.75) is 73.5 Å². The Balaban J connectivity index is 1.44. The van der Waals surface area contributed by atoms with E-state index in [4.69, 9.17) is 4.98 Å². The van der Waals surface area contributed by atoms with Crippen LogP contribution in [0, 0.1) is 12.8 Å². The van der Waals surface area contributed by atoms with Gasteiger partial charge < -0.3 is 15.2 Å². The highest BCUT2D eigenvalue weighted by Crippen LogP contribution is 2.30. The number of carbonyl (C=O) groups excluding carboxylic acids is 1. The van der Waals surface area contributed by atoms with Crippen LogP contribution < -0.4 is 15.8 Å². The van der Waals surface area contributed by atoms with Crippen LogP contribution >= 0.6 is 0 Å². The summed E-state index contributed by atoms with van der Waals surface area (Å²) in [6.45, 7) is 18.9. The molecule has 1 aromatic carbocycles. The molecule has 43 heavy (non-hydrogen) atoms. The lowest BCUT2D eigenvalue weighted by Crippen LogP contribution is -2.49. The van der Waals surface area contributed by atoms with Crippen molar-refractivity contribution in [3.05, 3.63) is 75.5 Å². The van der Waals surface area contributed by atoms with Gasteiger partial charge in [-0.05, 0) is 88.4 Å². The summed E-state index contributed by atoms with van der Waals surface area (Å²) >= 11 is 0. The second-order valence-corrected chi connectivity index (χ2v) is 12.7. The number of aromatic nitrogens is 4. The highest BCUT2D eigenvalue weighted by Gasteiger charge is 2.21. The van der Waals surface area contributed by atoms with Gasteiger partial charge in [0.2, 0.25) is 0 Å². The van der Waals surface area contributed by atoms with E-state index in [2.05, 4.69) is 84.9 Å². The average molecular weight is 584 g/mol. The number of nitrogens with one attached hydrogen (secondary N) is 2. The molecule has 0 bridgehead atoms. The number of anilines is 1. The van der Waals surface area contributed by atoms with Crippen molar-refractivity contribution in [2.75, 3.05) is 31.1 Å². The third kappa shape index (κ3) is 6.67. The molecule has 1 aliphatic heterocycles. The van der Waals surface area contributed by atoms with Gasteiger partial charge in [-0.2, -0.15) is 5.10 Å². The summed E-state index contributed by atoms with van der Waals surface area (Å²) in [4.78, 5) is 39.2. The summed E-state index contributed by atoms with van der Waals surface area (Å²) in [6.07, 6.45) is 4.43. The van der Waals surface area contributed by atoms with E-state index in [0.717, 1.165) is 71.7 Å². The Bertz CT molecular complexity index is 1640. The highest BCUT2D eigenvalue weighted by atomic mass is 16.1. The minimum atomic E-state index is -0.238. The first-order valence-corrected chi connectivity index (χ1v) is 15.5. The van der Waals surface area contributed by atoms with Crippen molar-refractivity contribution in [3.63, 3.8) is 0 Å². The fourth-order valence-corrected chi connectivity index (χ4v) is 5.99. The summed E-state index contributed by atoms with van der Waals surface area (Å²) in [6, 6.07) is 10.8. The molecule has 9 heteroatoms. The summed E-state index contributed by atoms with van der Waals surface area (Å²) in [5.41, 5.74) is 5.50. The van der Waals surface area contributed by atoms with Crippen molar-refractivity contribution in [2.24, 2.45) is 5.92 Å². The van der Waals surface area contributed by atoms with Crippen LogP contribution in [-0.4, -0.2) is 62.8 Å². The molecule has 5 rings (SSSR count). The van der Waals surface area contributed by atoms with E-state index in [0.29, 0.717) is 23.1 Å². The largest absolute Gasteiger partial charge is 0.354 e. The SMILES string of the molecule is Cc1cc(CC(C)C)c(CNC(=O)c2cc(-c3ccc(N4CCN(C(C)C)CC4)nc3)cc3c2cnn3C(C)C)c(=O)[nH]1. The number of H-pyrrole nitrogens is 1. The minimum Gasteiger partial charge on any atom is -0.354 e. The number of pyridine rings is 2. The molecule has 0 radical (unpaired) electrons. The zero-order valence-corrected chi connectivity index (χ0v) is 26.6. The standard InChI is InChI=1S/C34H45N7O2/c1-21(2)14-27-15-24(7)38-34(43)29(27)19-36-33(42)28-16-26(17-31-30(28)20-37-41(31)23(5)6)25-8-9-32(35-18-25)40-12-10-39(11-13-40)22(3)4/h8-9,15-18,20-23H,10-14,19H2,1-7H3,(H,36,42)(H,38,43). The maximum Gasteiger partial charge on any atom is 0.253 e. The van der Waals surface area contributed by atoms with Crippen LogP contribution in [0.25, 0.3) is 22.0 Å². The van der Waals surface area contributed by atoms with Crippen LogP contribution in [0.3, 0.4) is 0 Å². The first-order valence-electron chi connectivity index (χ1n) is 15.5. The number of nitrogens with zero attached hydrogens (tertiary/aromatic N) is 5.